The standard InChI is InChI=1S/C7H6ClF2NO/c1-3-6(12)5(7(9)10)4(8)2-11-3/h2,7,12H,1H3. The van der Waals surface area contributed by atoms with Gasteiger partial charge in [0.25, 0.3) is 6.43 Å². The normalized spacial score (nSPS) is 10.8. The molecule has 1 aromatic rings. The number of nitrogens with zero attached hydrogens (tertiary/aromatic N) is 1. The Kier molecular flexibility index (Phi) is 2.47. The molecule has 1 N–H and O–H groups in total. The highest BCUT2D eigenvalue weighted by atomic mass is 35.5. The van der Waals surface area contributed by atoms with E-state index in [1.807, 2.05) is 0 Å². The minimum Gasteiger partial charge on any atom is -0.505 e. The largest absolute Gasteiger partial charge is 0.505 e. The van der Waals surface area contributed by atoms with Crippen molar-refractivity contribution < 1.29 is 13.9 Å². The Hall–Kier alpha value is -0.900. The second-order valence-electron chi connectivity index (χ2n) is 2.25. The summed E-state index contributed by atoms with van der Waals surface area (Å²) in [6.45, 7) is 1.43. The lowest BCUT2D eigenvalue weighted by molar-refractivity contribution is 0.147. The fourth-order valence-electron chi connectivity index (χ4n) is 0.800. The van der Waals surface area contributed by atoms with Gasteiger partial charge in [-0.25, -0.2) is 8.78 Å². The summed E-state index contributed by atoms with van der Waals surface area (Å²) in [5.74, 6) is -0.530. The van der Waals surface area contributed by atoms with Crippen molar-refractivity contribution in [1.82, 2.24) is 4.98 Å². The second-order valence-corrected chi connectivity index (χ2v) is 2.66. The molecule has 0 aromatic carbocycles. The van der Waals surface area contributed by atoms with Crippen LogP contribution in [-0.2, 0) is 0 Å². The summed E-state index contributed by atoms with van der Waals surface area (Å²) in [6, 6.07) is 0. The van der Waals surface area contributed by atoms with Gasteiger partial charge in [-0.3, -0.25) is 4.98 Å². The Morgan fingerprint density at radius 3 is 2.58 bits per heavy atom. The van der Waals surface area contributed by atoms with Crippen LogP contribution >= 0.6 is 11.6 Å². The molecule has 0 aliphatic carbocycles. The summed E-state index contributed by atoms with van der Waals surface area (Å²) in [7, 11) is 0. The second kappa shape index (κ2) is 3.23. The first-order valence-corrected chi connectivity index (χ1v) is 3.54. The highest BCUT2D eigenvalue weighted by Crippen LogP contribution is 2.35. The summed E-state index contributed by atoms with van der Waals surface area (Å²) in [5, 5.41) is 8.91. The Labute approximate surface area is 72.8 Å². The van der Waals surface area contributed by atoms with Crippen molar-refractivity contribution in [2.45, 2.75) is 13.3 Å². The van der Waals surface area contributed by atoms with E-state index >= 15 is 0 Å². The van der Waals surface area contributed by atoms with Gasteiger partial charge < -0.3 is 5.11 Å². The van der Waals surface area contributed by atoms with Gasteiger partial charge in [0.05, 0.1) is 16.3 Å². The van der Waals surface area contributed by atoms with Crippen molar-refractivity contribution in [3.8, 4) is 5.75 Å². The third kappa shape index (κ3) is 1.48. The van der Waals surface area contributed by atoms with E-state index in [1.165, 1.54) is 6.92 Å². The fraction of sp³-hybridized carbons (Fsp3) is 0.286. The van der Waals surface area contributed by atoms with Crippen LogP contribution in [0.3, 0.4) is 0 Å². The number of aromatic hydroxyl groups is 1. The van der Waals surface area contributed by atoms with E-state index in [2.05, 4.69) is 4.98 Å². The molecule has 5 heteroatoms. The van der Waals surface area contributed by atoms with Gasteiger partial charge in [-0.15, -0.1) is 0 Å². The quantitative estimate of drug-likeness (QED) is 0.744. The number of pyridine rings is 1. The van der Waals surface area contributed by atoms with Crippen LogP contribution in [0, 0.1) is 6.92 Å². The van der Waals surface area contributed by atoms with Crippen molar-refractivity contribution in [1.29, 1.82) is 0 Å². The van der Waals surface area contributed by atoms with Gasteiger partial charge in [0.2, 0.25) is 0 Å². The van der Waals surface area contributed by atoms with Crippen molar-refractivity contribution >= 4 is 11.6 Å². The number of aryl methyl sites for hydroxylation is 1. The van der Waals surface area contributed by atoms with E-state index in [-0.39, 0.29) is 10.7 Å². The van der Waals surface area contributed by atoms with Gasteiger partial charge in [-0.2, -0.15) is 0 Å². The van der Waals surface area contributed by atoms with Crippen LogP contribution in [0.25, 0.3) is 0 Å². The Balaban J connectivity index is 3.33. The molecule has 1 heterocycles. The molecule has 0 atom stereocenters. The third-order valence-corrected chi connectivity index (χ3v) is 1.75. The molecule has 0 unspecified atom stereocenters. The maximum Gasteiger partial charge on any atom is 0.268 e. The maximum atomic E-state index is 12.2. The lowest BCUT2D eigenvalue weighted by Crippen LogP contribution is -1.92. The number of hydrogen-bond donors (Lipinski definition) is 1. The molecule has 12 heavy (non-hydrogen) atoms. The molecule has 1 rings (SSSR count). The number of rotatable bonds is 1. The van der Waals surface area contributed by atoms with Crippen LogP contribution in [0.15, 0.2) is 6.20 Å². The molecular weight excluding hydrogens is 188 g/mol. The first-order chi connectivity index (χ1) is 5.54. The molecule has 0 saturated carbocycles. The van der Waals surface area contributed by atoms with Gasteiger partial charge in [-0.1, -0.05) is 11.6 Å². The fourth-order valence-corrected chi connectivity index (χ4v) is 1.02. The van der Waals surface area contributed by atoms with E-state index in [0.717, 1.165) is 6.20 Å². The smallest absolute Gasteiger partial charge is 0.268 e. The van der Waals surface area contributed by atoms with Crippen LogP contribution in [0.2, 0.25) is 5.02 Å². The van der Waals surface area contributed by atoms with E-state index in [9.17, 15) is 8.78 Å². The first kappa shape index (κ1) is 9.19. The zero-order chi connectivity index (χ0) is 9.30. The van der Waals surface area contributed by atoms with Crippen molar-refractivity contribution in [3.63, 3.8) is 0 Å². The van der Waals surface area contributed by atoms with E-state index < -0.39 is 17.7 Å². The van der Waals surface area contributed by atoms with E-state index in [0.29, 0.717) is 0 Å². The average Bonchev–Trinajstić information content (AvgIpc) is 1.97. The van der Waals surface area contributed by atoms with Crippen LogP contribution < -0.4 is 0 Å². The molecule has 0 radical (unpaired) electrons. The van der Waals surface area contributed by atoms with E-state index in [4.69, 9.17) is 16.7 Å². The van der Waals surface area contributed by atoms with Crippen LogP contribution in [0.1, 0.15) is 17.7 Å². The van der Waals surface area contributed by atoms with Gasteiger partial charge in [0.15, 0.2) is 0 Å². The minimum absolute atomic E-state index is 0.148. The SMILES string of the molecule is Cc1ncc(Cl)c(C(F)F)c1O. The minimum atomic E-state index is -2.78. The Morgan fingerprint density at radius 1 is 1.58 bits per heavy atom. The van der Waals surface area contributed by atoms with Crippen molar-refractivity contribution in [2.75, 3.05) is 0 Å². The number of halogens is 3. The zero-order valence-electron chi connectivity index (χ0n) is 6.18. The highest BCUT2D eigenvalue weighted by Gasteiger charge is 2.18. The monoisotopic (exact) mass is 193 g/mol. The third-order valence-electron chi connectivity index (χ3n) is 1.44. The molecule has 0 fully saturated rings. The first-order valence-electron chi connectivity index (χ1n) is 3.16. The predicted octanol–water partition coefficient (Wildman–Crippen LogP) is 2.69. The highest BCUT2D eigenvalue weighted by molar-refractivity contribution is 6.31. The van der Waals surface area contributed by atoms with Crippen molar-refractivity contribution in [3.05, 3.63) is 22.5 Å². The topological polar surface area (TPSA) is 33.1 Å². The van der Waals surface area contributed by atoms with Gasteiger partial charge in [0.1, 0.15) is 5.75 Å². The summed E-state index contributed by atoms with van der Waals surface area (Å²) in [6.07, 6.45) is -1.68. The number of alkyl halides is 2. The van der Waals surface area contributed by atoms with Crippen LogP contribution in [-0.4, -0.2) is 10.1 Å². The Bertz CT molecular complexity index is 304. The molecule has 0 bridgehead atoms. The molecule has 2 nitrogen and oxygen atoms in total. The lowest BCUT2D eigenvalue weighted by Gasteiger charge is -2.06. The molecule has 66 valence electrons. The number of hydrogen-bond acceptors (Lipinski definition) is 2. The van der Waals surface area contributed by atoms with Crippen LogP contribution in [0.5, 0.6) is 5.75 Å². The summed E-state index contributed by atoms with van der Waals surface area (Å²) < 4.78 is 24.4. The molecular formula is C7H6ClF2NO. The molecule has 0 saturated heterocycles. The summed E-state index contributed by atoms with van der Waals surface area (Å²) in [5.41, 5.74) is -0.404. The predicted molar refractivity (Wildman–Crippen MR) is 40.6 cm³/mol. The van der Waals surface area contributed by atoms with Crippen molar-refractivity contribution in [2.24, 2.45) is 0 Å². The molecule has 0 spiro atoms. The summed E-state index contributed by atoms with van der Waals surface area (Å²) >= 11 is 5.39. The Morgan fingerprint density at radius 2 is 2.17 bits per heavy atom. The summed E-state index contributed by atoms with van der Waals surface area (Å²) in [4.78, 5) is 3.61. The zero-order valence-corrected chi connectivity index (χ0v) is 6.94. The van der Waals surface area contributed by atoms with Gasteiger partial charge in [0, 0.05) is 6.20 Å². The average molecular weight is 194 g/mol. The molecule has 1 aromatic heterocycles. The van der Waals surface area contributed by atoms with Gasteiger partial charge >= 0.3 is 0 Å². The molecule has 0 aliphatic heterocycles. The van der Waals surface area contributed by atoms with Gasteiger partial charge in [-0.05, 0) is 6.92 Å². The lowest BCUT2D eigenvalue weighted by atomic mass is 10.2. The molecule has 0 aliphatic rings. The van der Waals surface area contributed by atoms with Crippen LogP contribution in [0.4, 0.5) is 8.78 Å². The molecule has 0 amide bonds. The maximum absolute atomic E-state index is 12.2. The van der Waals surface area contributed by atoms with E-state index in [1.54, 1.807) is 0 Å². The number of aromatic nitrogens is 1.